The molecular weight excluding hydrogens is 187 g/mol. The molecule has 78 valence electrons. The van der Waals surface area contributed by atoms with Crippen molar-refractivity contribution in [1.82, 2.24) is 0 Å². The van der Waals surface area contributed by atoms with Gasteiger partial charge in [-0.15, -0.1) is 6.58 Å². The van der Waals surface area contributed by atoms with Gasteiger partial charge in [-0.2, -0.15) is 0 Å². The third kappa shape index (κ3) is 14.7. The summed E-state index contributed by atoms with van der Waals surface area (Å²) in [5.41, 5.74) is 0. The van der Waals surface area contributed by atoms with Crippen LogP contribution < -0.4 is 29.6 Å². The van der Waals surface area contributed by atoms with Crippen LogP contribution in [-0.2, 0) is 4.79 Å². The summed E-state index contributed by atoms with van der Waals surface area (Å²) in [6.07, 6.45) is 10.1. The van der Waals surface area contributed by atoms with Gasteiger partial charge < -0.3 is 6.53 Å². The maximum atomic E-state index is 10.2. The predicted octanol–water partition coefficient (Wildman–Crippen LogP) is 0.494. The van der Waals surface area contributed by atoms with Crippen LogP contribution in [0.2, 0.25) is 0 Å². The smallest absolute Gasteiger partial charge is 1.00 e. The first-order valence-corrected chi connectivity index (χ1v) is 5.10. The standard InChI is InChI=1S/C11H20O2.Na.H/c1-2-3-4-5-6-7-8-9-10-11(12)13;;/h2H,1,3-10H2,(H,12,13);;/q;+1;-1. The van der Waals surface area contributed by atoms with Gasteiger partial charge in [-0.3, -0.25) is 4.79 Å². The van der Waals surface area contributed by atoms with Crippen LogP contribution in [0.1, 0.15) is 52.8 Å². The molecule has 0 saturated heterocycles. The molecule has 14 heavy (non-hydrogen) atoms. The summed E-state index contributed by atoms with van der Waals surface area (Å²) in [5.74, 6) is -0.674. The number of hydrogen-bond acceptors (Lipinski definition) is 1. The summed E-state index contributed by atoms with van der Waals surface area (Å²) < 4.78 is 0. The Morgan fingerprint density at radius 3 is 2.14 bits per heavy atom. The first-order valence-electron chi connectivity index (χ1n) is 5.10. The van der Waals surface area contributed by atoms with Crippen LogP contribution >= 0.6 is 0 Å². The second kappa shape index (κ2) is 13.2. The maximum Gasteiger partial charge on any atom is 1.00 e. The summed E-state index contributed by atoms with van der Waals surface area (Å²) in [4.78, 5) is 10.2. The van der Waals surface area contributed by atoms with Crippen molar-refractivity contribution in [1.29, 1.82) is 0 Å². The van der Waals surface area contributed by atoms with Gasteiger partial charge in [0.25, 0.3) is 0 Å². The molecule has 0 aromatic rings. The molecule has 0 rings (SSSR count). The fourth-order valence-electron chi connectivity index (χ4n) is 1.27. The first kappa shape index (κ1) is 16.6. The Labute approximate surface area is 111 Å². The van der Waals surface area contributed by atoms with Crippen LogP contribution in [-0.4, -0.2) is 11.1 Å². The zero-order chi connectivity index (χ0) is 9.94. The molecule has 0 bridgehead atoms. The van der Waals surface area contributed by atoms with Crippen LogP contribution in [0.5, 0.6) is 0 Å². The molecule has 1 N–H and O–H groups in total. The third-order valence-corrected chi connectivity index (χ3v) is 2.05. The van der Waals surface area contributed by atoms with E-state index in [1.54, 1.807) is 0 Å². The van der Waals surface area contributed by atoms with Crippen molar-refractivity contribution in [3.05, 3.63) is 12.7 Å². The Hall–Kier alpha value is 0.210. The molecule has 0 spiro atoms. The van der Waals surface area contributed by atoms with E-state index in [0.717, 1.165) is 19.3 Å². The van der Waals surface area contributed by atoms with Gasteiger partial charge in [0.2, 0.25) is 0 Å². The summed E-state index contributed by atoms with van der Waals surface area (Å²) in [6.45, 7) is 3.66. The van der Waals surface area contributed by atoms with Gasteiger partial charge >= 0.3 is 35.5 Å². The molecule has 0 unspecified atom stereocenters. The normalized spacial score (nSPS) is 9.14. The molecule has 0 saturated carbocycles. The number of carboxylic acids is 1. The van der Waals surface area contributed by atoms with Crippen LogP contribution in [0.3, 0.4) is 0 Å². The number of unbranched alkanes of at least 4 members (excludes halogenated alkanes) is 6. The average Bonchev–Trinajstić information content (AvgIpc) is 2.09. The van der Waals surface area contributed by atoms with Gasteiger partial charge in [0.05, 0.1) is 0 Å². The minimum absolute atomic E-state index is 0. The van der Waals surface area contributed by atoms with Gasteiger partial charge in [-0.05, 0) is 19.3 Å². The minimum atomic E-state index is -0.674. The molecule has 0 aliphatic carbocycles. The van der Waals surface area contributed by atoms with E-state index in [9.17, 15) is 4.79 Å². The fraction of sp³-hybridized carbons (Fsp3) is 0.727. The quantitative estimate of drug-likeness (QED) is 0.340. The molecule has 0 amide bonds. The summed E-state index contributed by atoms with van der Waals surface area (Å²) >= 11 is 0. The van der Waals surface area contributed by atoms with Crippen molar-refractivity contribution in [2.24, 2.45) is 0 Å². The van der Waals surface area contributed by atoms with Gasteiger partial charge in [-0.25, -0.2) is 0 Å². The van der Waals surface area contributed by atoms with Crippen molar-refractivity contribution in [3.8, 4) is 0 Å². The number of carboxylic acid groups (broad SMARTS) is 1. The van der Waals surface area contributed by atoms with Crippen molar-refractivity contribution < 1.29 is 40.9 Å². The Kier molecular flexibility index (Phi) is 15.7. The van der Waals surface area contributed by atoms with Gasteiger partial charge in [0, 0.05) is 6.42 Å². The van der Waals surface area contributed by atoms with Crippen LogP contribution in [0.25, 0.3) is 0 Å². The van der Waals surface area contributed by atoms with Crippen molar-refractivity contribution in [2.45, 2.75) is 51.4 Å². The molecule has 0 radical (unpaired) electrons. The topological polar surface area (TPSA) is 37.3 Å². The molecule has 0 aliphatic rings. The van der Waals surface area contributed by atoms with E-state index < -0.39 is 5.97 Å². The van der Waals surface area contributed by atoms with Gasteiger partial charge in [0.1, 0.15) is 0 Å². The van der Waals surface area contributed by atoms with E-state index in [4.69, 9.17) is 5.11 Å². The number of hydrogen-bond donors (Lipinski definition) is 1. The SMILES string of the molecule is C=CCCCCCCCCC(=O)O.[H-].[Na+]. The van der Waals surface area contributed by atoms with Crippen molar-refractivity contribution in [3.63, 3.8) is 0 Å². The average molecular weight is 208 g/mol. The number of carbonyl (C=O) groups is 1. The third-order valence-electron chi connectivity index (χ3n) is 2.05. The minimum Gasteiger partial charge on any atom is -1.00 e. The molecule has 0 atom stereocenters. The molecule has 0 aliphatic heterocycles. The van der Waals surface area contributed by atoms with E-state index in [-0.39, 0.29) is 31.0 Å². The summed E-state index contributed by atoms with van der Waals surface area (Å²) in [7, 11) is 0. The zero-order valence-corrected chi connectivity index (χ0v) is 11.3. The number of rotatable bonds is 9. The molecule has 0 aromatic carbocycles. The molecule has 0 aromatic heterocycles. The molecular formula is C11H21NaO2. The van der Waals surface area contributed by atoms with Crippen molar-refractivity contribution in [2.75, 3.05) is 0 Å². The van der Waals surface area contributed by atoms with E-state index in [1.165, 1.54) is 25.7 Å². The molecule has 0 heterocycles. The monoisotopic (exact) mass is 208 g/mol. The van der Waals surface area contributed by atoms with Crippen molar-refractivity contribution >= 4 is 5.97 Å². The zero-order valence-electron chi connectivity index (χ0n) is 10.3. The summed E-state index contributed by atoms with van der Waals surface area (Å²) in [5, 5.41) is 8.38. The van der Waals surface area contributed by atoms with E-state index in [0.29, 0.717) is 6.42 Å². The number of aliphatic carboxylic acids is 1. The van der Waals surface area contributed by atoms with Crippen LogP contribution in [0, 0.1) is 0 Å². The maximum absolute atomic E-state index is 10.2. The second-order valence-electron chi connectivity index (χ2n) is 3.34. The Morgan fingerprint density at radius 1 is 1.14 bits per heavy atom. The Bertz CT molecular complexity index is 152. The van der Waals surface area contributed by atoms with Crippen LogP contribution in [0.4, 0.5) is 0 Å². The fourth-order valence-corrected chi connectivity index (χ4v) is 1.27. The Morgan fingerprint density at radius 2 is 1.64 bits per heavy atom. The second-order valence-corrected chi connectivity index (χ2v) is 3.34. The van der Waals surface area contributed by atoms with E-state index in [1.807, 2.05) is 6.08 Å². The summed E-state index contributed by atoms with van der Waals surface area (Å²) in [6, 6.07) is 0. The van der Waals surface area contributed by atoms with Gasteiger partial charge in [-0.1, -0.05) is 31.8 Å². The molecule has 2 nitrogen and oxygen atoms in total. The largest absolute Gasteiger partial charge is 1.00 e. The number of allylic oxidation sites excluding steroid dienone is 1. The molecule has 3 heteroatoms. The van der Waals surface area contributed by atoms with E-state index >= 15 is 0 Å². The molecule has 0 fully saturated rings. The Balaban J connectivity index is -0.000000720. The van der Waals surface area contributed by atoms with Crippen LogP contribution in [0.15, 0.2) is 12.7 Å². The van der Waals surface area contributed by atoms with E-state index in [2.05, 4.69) is 6.58 Å². The first-order chi connectivity index (χ1) is 6.27. The predicted molar refractivity (Wildman–Crippen MR) is 55.9 cm³/mol. The van der Waals surface area contributed by atoms with Gasteiger partial charge in [0.15, 0.2) is 0 Å².